The summed E-state index contributed by atoms with van der Waals surface area (Å²) in [5.41, 5.74) is 5.54. The highest BCUT2D eigenvalue weighted by molar-refractivity contribution is 7.46. The number of aliphatic hydroxyl groups is 1. The Morgan fingerprint density at radius 1 is 1.62 bits per heavy atom. The maximum atomic E-state index is 11.3. The second-order valence-electron chi connectivity index (χ2n) is 4.71. The van der Waals surface area contributed by atoms with Gasteiger partial charge in [0.05, 0.1) is 12.7 Å². The quantitative estimate of drug-likeness (QED) is 0.505. The van der Waals surface area contributed by atoms with Crippen molar-refractivity contribution in [1.82, 2.24) is 9.55 Å². The summed E-state index contributed by atoms with van der Waals surface area (Å²) in [5.74, 6) is -0.0700. The molecule has 0 saturated carbocycles. The van der Waals surface area contributed by atoms with Crippen LogP contribution < -0.4 is 11.3 Å². The highest BCUT2D eigenvalue weighted by Gasteiger charge is 2.37. The fourth-order valence-electron chi connectivity index (χ4n) is 2.02. The first kappa shape index (κ1) is 16.1. The summed E-state index contributed by atoms with van der Waals surface area (Å²) in [6.45, 7) is 1.10. The molecule has 0 radical (unpaired) electrons. The Morgan fingerprint density at radius 3 is 2.90 bits per heavy atom. The molecule has 0 aromatic carbocycles. The number of phosphoric ester groups is 1. The largest absolute Gasteiger partial charge is 0.469 e. The van der Waals surface area contributed by atoms with Crippen LogP contribution in [0.1, 0.15) is 18.2 Å². The summed E-state index contributed by atoms with van der Waals surface area (Å²) in [7, 11) is -4.64. The molecule has 2 rings (SSSR count). The van der Waals surface area contributed by atoms with Crippen LogP contribution in [0.25, 0.3) is 0 Å². The normalized spacial score (nSPS) is 26.2. The van der Waals surface area contributed by atoms with E-state index < -0.39 is 38.4 Å². The van der Waals surface area contributed by atoms with Gasteiger partial charge in [0.1, 0.15) is 12.3 Å². The van der Waals surface area contributed by atoms with E-state index in [1.54, 1.807) is 6.92 Å². The topological polar surface area (TPSA) is 157 Å². The lowest BCUT2D eigenvalue weighted by atomic mass is 10.2. The molecule has 0 spiro atoms. The van der Waals surface area contributed by atoms with Crippen LogP contribution in [-0.4, -0.2) is 43.3 Å². The number of phosphoric acid groups is 1. The third-order valence-electron chi connectivity index (χ3n) is 3.07. The van der Waals surface area contributed by atoms with Crippen molar-refractivity contribution in [1.29, 1.82) is 0 Å². The first-order chi connectivity index (χ1) is 9.67. The number of aliphatic hydroxyl groups excluding tert-OH is 1. The molecule has 3 atom stereocenters. The molecule has 5 N–H and O–H groups in total. The molecule has 118 valence electrons. The molecule has 0 unspecified atom stereocenters. The molecule has 1 aromatic heterocycles. The summed E-state index contributed by atoms with van der Waals surface area (Å²) < 4.78 is 21.8. The van der Waals surface area contributed by atoms with Crippen molar-refractivity contribution in [2.75, 3.05) is 12.3 Å². The van der Waals surface area contributed by atoms with E-state index in [0.717, 1.165) is 0 Å². The van der Waals surface area contributed by atoms with Crippen LogP contribution in [0.15, 0.2) is 11.0 Å². The molecule has 0 bridgehead atoms. The maximum absolute atomic E-state index is 11.3. The van der Waals surface area contributed by atoms with Gasteiger partial charge in [-0.2, -0.15) is 4.98 Å². The summed E-state index contributed by atoms with van der Waals surface area (Å²) in [6.07, 6.45) is -1.02. The van der Waals surface area contributed by atoms with E-state index in [-0.39, 0.29) is 12.4 Å². The molecule has 1 fully saturated rings. The monoisotopic (exact) mass is 321 g/mol. The second-order valence-corrected chi connectivity index (χ2v) is 5.95. The Labute approximate surface area is 119 Å². The van der Waals surface area contributed by atoms with Crippen molar-refractivity contribution in [2.45, 2.75) is 31.8 Å². The third-order valence-corrected chi connectivity index (χ3v) is 3.56. The summed E-state index contributed by atoms with van der Waals surface area (Å²) in [6, 6.07) is 0. The number of nitrogen functional groups attached to an aromatic ring is 1. The molecule has 2 heterocycles. The van der Waals surface area contributed by atoms with Crippen LogP contribution in [0.3, 0.4) is 0 Å². The van der Waals surface area contributed by atoms with Crippen molar-refractivity contribution < 1.29 is 28.7 Å². The summed E-state index contributed by atoms with van der Waals surface area (Å²) >= 11 is 0. The highest BCUT2D eigenvalue weighted by atomic mass is 31.2. The minimum absolute atomic E-state index is 0.0700. The Kier molecular flexibility index (Phi) is 4.47. The first-order valence-corrected chi connectivity index (χ1v) is 7.59. The zero-order chi connectivity index (χ0) is 15.8. The van der Waals surface area contributed by atoms with E-state index in [9.17, 15) is 14.5 Å². The van der Waals surface area contributed by atoms with Crippen molar-refractivity contribution >= 4 is 13.8 Å². The van der Waals surface area contributed by atoms with E-state index in [1.165, 1.54) is 10.8 Å². The second kappa shape index (κ2) is 5.84. The molecule has 10 nitrogen and oxygen atoms in total. The molecule has 1 aliphatic heterocycles. The Bertz CT molecular complexity index is 628. The number of aromatic nitrogens is 2. The van der Waals surface area contributed by atoms with Crippen LogP contribution in [0, 0.1) is 6.92 Å². The fraction of sp³-hybridized carbons (Fsp3) is 0.600. The van der Waals surface area contributed by atoms with E-state index in [4.69, 9.17) is 20.3 Å². The SMILES string of the molecule is Cc1cn([C@H]2C[C@H](O)[C@@H](COP(=O)(O)O)O2)c(N)nc1=O. The highest BCUT2D eigenvalue weighted by Crippen LogP contribution is 2.38. The van der Waals surface area contributed by atoms with Crippen LogP contribution in [-0.2, 0) is 13.8 Å². The molecule has 1 aliphatic rings. The van der Waals surface area contributed by atoms with E-state index in [1.807, 2.05) is 0 Å². The van der Waals surface area contributed by atoms with Gasteiger partial charge in [-0.25, -0.2) is 4.57 Å². The van der Waals surface area contributed by atoms with Gasteiger partial charge in [0.25, 0.3) is 5.56 Å². The zero-order valence-electron chi connectivity index (χ0n) is 11.1. The molecule has 21 heavy (non-hydrogen) atoms. The van der Waals surface area contributed by atoms with Gasteiger partial charge in [-0.05, 0) is 6.92 Å². The van der Waals surface area contributed by atoms with Gasteiger partial charge in [-0.15, -0.1) is 0 Å². The Balaban J connectivity index is 2.12. The molecular weight excluding hydrogens is 305 g/mol. The zero-order valence-corrected chi connectivity index (χ0v) is 12.0. The van der Waals surface area contributed by atoms with Crippen molar-refractivity contribution in [2.24, 2.45) is 0 Å². The summed E-state index contributed by atoms with van der Waals surface area (Å²) in [4.78, 5) is 32.2. The predicted molar refractivity (Wildman–Crippen MR) is 70.2 cm³/mol. The van der Waals surface area contributed by atoms with Gasteiger partial charge in [0, 0.05) is 18.2 Å². The van der Waals surface area contributed by atoms with Crippen LogP contribution >= 0.6 is 7.82 Å². The lowest BCUT2D eigenvalue weighted by molar-refractivity contribution is -0.0432. The van der Waals surface area contributed by atoms with E-state index in [2.05, 4.69) is 9.51 Å². The number of anilines is 1. The minimum Gasteiger partial charge on any atom is -0.390 e. The van der Waals surface area contributed by atoms with Gasteiger partial charge in [0.2, 0.25) is 5.95 Å². The predicted octanol–water partition coefficient (Wildman–Crippen LogP) is -1.11. The maximum Gasteiger partial charge on any atom is 0.469 e. The smallest absolute Gasteiger partial charge is 0.390 e. The lowest BCUT2D eigenvalue weighted by Crippen LogP contribution is -2.26. The van der Waals surface area contributed by atoms with Crippen LogP contribution in [0.5, 0.6) is 0 Å². The van der Waals surface area contributed by atoms with Gasteiger partial charge < -0.3 is 25.4 Å². The number of aryl methyl sites for hydroxylation is 1. The molecule has 1 aromatic rings. The molecule has 1 saturated heterocycles. The number of hydrogen-bond donors (Lipinski definition) is 4. The van der Waals surface area contributed by atoms with Gasteiger partial charge in [-0.1, -0.05) is 0 Å². The number of rotatable bonds is 4. The van der Waals surface area contributed by atoms with Crippen LogP contribution in [0.4, 0.5) is 5.95 Å². The molecule has 11 heteroatoms. The van der Waals surface area contributed by atoms with E-state index >= 15 is 0 Å². The number of ether oxygens (including phenoxy) is 1. The standard InChI is InChI=1S/C10H16N3O7P/c1-5-3-13(10(11)12-9(5)15)8-2-6(14)7(20-8)4-19-21(16,17)18/h3,6-8,14H,2,4H2,1H3,(H2,11,12,15)(H2,16,17,18)/t6-,7+,8+/m0/s1. The average Bonchev–Trinajstić information content (AvgIpc) is 2.72. The molecule has 0 amide bonds. The lowest BCUT2D eigenvalue weighted by Gasteiger charge is -2.18. The number of hydrogen-bond acceptors (Lipinski definition) is 7. The number of nitrogens with two attached hydrogens (primary N) is 1. The molecular formula is C10H16N3O7P. The van der Waals surface area contributed by atoms with Crippen LogP contribution in [0.2, 0.25) is 0 Å². The van der Waals surface area contributed by atoms with Gasteiger partial charge in [0.15, 0.2) is 0 Å². The Hall–Kier alpha value is -1.29. The number of nitrogens with zero attached hydrogens (tertiary/aromatic N) is 2. The summed E-state index contributed by atoms with van der Waals surface area (Å²) in [5, 5.41) is 9.84. The fourth-order valence-corrected chi connectivity index (χ4v) is 2.36. The third kappa shape index (κ3) is 3.88. The van der Waals surface area contributed by atoms with Crippen molar-refractivity contribution in [3.05, 3.63) is 22.1 Å². The van der Waals surface area contributed by atoms with Crippen molar-refractivity contribution in [3.63, 3.8) is 0 Å². The van der Waals surface area contributed by atoms with Crippen molar-refractivity contribution in [3.8, 4) is 0 Å². The first-order valence-electron chi connectivity index (χ1n) is 6.06. The average molecular weight is 321 g/mol. The van der Waals surface area contributed by atoms with Gasteiger partial charge in [-0.3, -0.25) is 13.9 Å². The minimum atomic E-state index is -4.64. The van der Waals surface area contributed by atoms with Gasteiger partial charge >= 0.3 is 7.82 Å². The Morgan fingerprint density at radius 2 is 2.29 bits per heavy atom. The molecule has 0 aliphatic carbocycles. The van der Waals surface area contributed by atoms with E-state index in [0.29, 0.717) is 5.56 Å².